The van der Waals surface area contributed by atoms with E-state index in [0.717, 1.165) is 11.3 Å². The van der Waals surface area contributed by atoms with Crippen molar-refractivity contribution in [2.45, 2.75) is 6.92 Å². The van der Waals surface area contributed by atoms with Gasteiger partial charge in [0.25, 0.3) is 0 Å². The Labute approximate surface area is 106 Å². The van der Waals surface area contributed by atoms with Gasteiger partial charge in [0, 0.05) is 5.02 Å². The van der Waals surface area contributed by atoms with Crippen LogP contribution in [0.4, 0.5) is 5.69 Å². The van der Waals surface area contributed by atoms with Crippen molar-refractivity contribution >= 4 is 23.5 Å². The third-order valence-electron chi connectivity index (χ3n) is 2.41. The summed E-state index contributed by atoms with van der Waals surface area (Å²) in [7, 11) is 0. The van der Waals surface area contributed by atoms with E-state index in [9.17, 15) is 0 Å². The van der Waals surface area contributed by atoms with E-state index in [0.29, 0.717) is 5.02 Å². The average Bonchev–Trinajstić information content (AvgIpc) is 2.32. The molecule has 0 fully saturated rings. The van der Waals surface area contributed by atoms with Crippen molar-refractivity contribution in [1.29, 1.82) is 0 Å². The molecule has 0 atom stereocenters. The van der Waals surface area contributed by atoms with Crippen LogP contribution in [-0.4, -0.2) is 6.21 Å². The van der Waals surface area contributed by atoms with Crippen LogP contribution in [0.15, 0.2) is 53.6 Å². The normalized spacial score (nSPS) is 10.7. The fourth-order valence-corrected chi connectivity index (χ4v) is 1.66. The molecular weight excluding hydrogens is 232 g/mol. The number of hydrogen-bond donors (Lipinski definition) is 1. The third kappa shape index (κ3) is 3.33. The van der Waals surface area contributed by atoms with Gasteiger partial charge in [0.2, 0.25) is 0 Å². The lowest BCUT2D eigenvalue weighted by atomic mass is 10.1. The molecule has 2 aromatic carbocycles. The molecule has 0 unspecified atom stereocenters. The summed E-state index contributed by atoms with van der Waals surface area (Å²) in [6.07, 6.45) is 1.80. The van der Waals surface area contributed by atoms with Crippen LogP contribution in [0.2, 0.25) is 5.02 Å². The van der Waals surface area contributed by atoms with E-state index in [2.05, 4.69) is 23.5 Å². The molecule has 3 heteroatoms. The van der Waals surface area contributed by atoms with E-state index in [1.807, 2.05) is 42.5 Å². The van der Waals surface area contributed by atoms with E-state index >= 15 is 0 Å². The topological polar surface area (TPSA) is 24.4 Å². The lowest BCUT2D eigenvalue weighted by molar-refractivity contribution is 1.34. The number of hydrazone groups is 1. The highest BCUT2D eigenvalue weighted by Gasteiger charge is 1.93. The molecule has 1 N–H and O–H groups in total. The summed E-state index contributed by atoms with van der Waals surface area (Å²) in [5.74, 6) is 0. The number of hydrogen-bond acceptors (Lipinski definition) is 2. The van der Waals surface area contributed by atoms with Crippen LogP contribution in [0.25, 0.3) is 0 Å². The van der Waals surface area contributed by atoms with E-state index in [1.54, 1.807) is 6.21 Å². The summed E-state index contributed by atoms with van der Waals surface area (Å²) in [6.45, 7) is 2.06. The van der Waals surface area contributed by atoms with Gasteiger partial charge in [-0.3, -0.25) is 5.43 Å². The van der Waals surface area contributed by atoms with Crippen LogP contribution in [0, 0.1) is 6.92 Å². The van der Waals surface area contributed by atoms with Crippen molar-refractivity contribution in [2.75, 3.05) is 5.43 Å². The molecule has 0 aliphatic carbocycles. The van der Waals surface area contributed by atoms with E-state index in [-0.39, 0.29) is 0 Å². The summed E-state index contributed by atoms with van der Waals surface area (Å²) in [5.41, 5.74) is 6.12. The molecule has 0 aliphatic heterocycles. The fourth-order valence-electron chi connectivity index (χ4n) is 1.47. The first-order valence-electron chi connectivity index (χ1n) is 5.36. The van der Waals surface area contributed by atoms with Gasteiger partial charge in [0.15, 0.2) is 0 Å². The van der Waals surface area contributed by atoms with Gasteiger partial charge in [-0.25, -0.2) is 0 Å². The molecule has 2 rings (SSSR count). The molecule has 0 heterocycles. The maximum Gasteiger partial charge on any atom is 0.0576 e. The number of nitrogens with zero attached hydrogens (tertiary/aromatic N) is 1. The number of halogens is 1. The zero-order valence-electron chi connectivity index (χ0n) is 9.52. The van der Waals surface area contributed by atoms with Crippen molar-refractivity contribution in [3.8, 4) is 0 Å². The minimum atomic E-state index is 0.695. The molecule has 0 saturated heterocycles. The molecule has 0 aliphatic rings. The van der Waals surface area contributed by atoms with Gasteiger partial charge in [-0.05, 0) is 36.2 Å². The Balaban J connectivity index is 2.06. The van der Waals surface area contributed by atoms with Crippen LogP contribution in [0.1, 0.15) is 11.1 Å². The molecule has 2 aromatic rings. The molecule has 17 heavy (non-hydrogen) atoms. The molecule has 0 aromatic heterocycles. The van der Waals surface area contributed by atoms with Crippen molar-refractivity contribution < 1.29 is 0 Å². The summed E-state index contributed by atoms with van der Waals surface area (Å²) in [4.78, 5) is 0. The summed E-state index contributed by atoms with van der Waals surface area (Å²) in [6, 6.07) is 15.5. The van der Waals surface area contributed by atoms with E-state index < -0.39 is 0 Å². The van der Waals surface area contributed by atoms with Crippen molar-refractivity contribution in [3.05, 3.63) is 64.7 Å². The Morgan fingerprint density at radius 3 is 2.71 bits per heavy atom. The Hall–Kier alpha value is -1.80. The number of aryl methyl sites for hydroxylation is 1. The fraction of sp³-hybridized carbons (Fsp3) is 0.0714. The van der Waals surface area contributed by atoms with Gasteiger partial charge in [0.1, 0.15) is 0 Å². The molecule has 86 valence electrons. The van der Waals surface area contributed by atoms with E-state index in [4.69, 9.17) is 11.6 Å². The first-order valence-corrected chi connectivity index (χ1v) is 5.74. The van der Waals surface area contributed by atoms with Crippen LogP contribution in [0.3, 0.4) is 0 Å². The summed E-state index contributed by atoms with van der Waals surface area (Å²) in [5, 5.41) is 4.88. The van der Waals surface area contributed by atoms with Crippen molar-refractivity contribution in [3.63, 3.8) is 0 Å². The zero-order chi connectivity index (χ0) is 12.1. The van der Waals surface area contributed by atoms with Gasteiger partial charge >= 0.3 is 0 Å². The number of rotatable bonds is 3. The maximum absolute atomic E-state index is 5.87. The minimum absolute atomic E-state index is 0.695. The minimum Gasteiger partial charge on any atom is -0.278 e. The van der Waals surface area contributed by atoms with Crippen LogP contribution in [-0.2, 0) is 0 Å². The molecule has 0 saturated carbocycles. The second-order valence-corrected chi connectivity index (χ2v) is 4.17. The Bertz CT molecular complexity index is 535. The third-order valence-corrected chi connectivity index (χ3v) is 2.65. The standard InChI is InChI=1S/C14H13ClN2/c1-11-5-2-3-6-12(11)10-16-17-14-8-4-7-13(15)9-14/h2-10,17H,1H3/b16-10+. The highest BCUT2D eigenvalue weighted by molar-refractivity contribution is 6.30. The molecule has 0 spiro atoms. The molecule has 2 nitrogen and oxygen atoms in total. The maximum atomic E-state index is 5.87. The van der Waals surface area contributed by atoms with Crippen LogP contribution in [0.5, 0.6) is 0 Å². The number of anilines is 1. The lowest BCUT2D eigenvalue weighted by Gasteiger charge is -2.01. The first-order chi connectivity index (χ1) is 8.25. The highest BCUT2D eigenvalue weighted by atomic mass is 35.5. The van der Waals surface area contributed by atoms with Crippen molar-refractivity contribution in [1.82, 2.24) is 0 Å². The van der Waals surface area contributed by atoms with E-state index in [1.165, 1.54) is 5.56 Å². The molecule has 0 amide bonds. The summed E-state index contributed by atoms with van der Waals surface area (Å²) >= 11 is 5.87. The molecular formula is C14H13ClN2. The Morgan fingerprint density at radius 2 is 1.94 bits per heavy atom. The van der Waals surface area contributed by atoms with Crippen LogP contribution >= 0.6 is 11.6 Å². The SMILES string of the molecule is Cc1ccccc1/C=N/Nc1cccc(Cl)c1. The second-order valence-electron chi connectivity index (χ2n) is 3.74. The first kappa shape index (κ1) is 11.7. The zero-order valence-corrected chi connectivity index (χ0v) is 10.3. The predicted molar refractivity (Wildman–Crippen MR) is 73.8 cm³/mol. The highest BCUT2D eigenvalue weighted by Crippen LogP contribution is 2.14. The lowest BCUT2D eigenvalue weighted by Crippen LogP contribution is -1.92. The molecule has 0 bridgehead atoms. The quantitative estimate of drug-likeness (QED) is 0.638. The predicted octanol–water partition coefficient (Wildman–Crippen LogP) is 4.09. The number of benzene rings is 2. The number of nitrogens with one attached hydrogen (secondary N) is 1. The van der Waals surface area contributed by atoms with Gasteiger partial charge in [0.05, 0.1) is 11.9 Å². The van der Waals surface area contributed by atoms with Gasteiger partial charge in [-0.1, -0.05) is 41.9 Å². The van der Waals surface area contributed by atoms with Gasteiger partial charge in [-0.2, -0.15) is 5.10 Å². The molecule has 0 radical (unpaired) electrons. The average molecular weight is 245 g/mol. The van der Waals surface area contributed by atoms with Gasteiger partial charge in [-0.15, -0.1) is 0 Å². The van der Waals surface area contributed by atoms with Crippen molar-refractivity contribution in [2.24, 2.45) is 5.10 Å². The van der Waals surface area contributed by atoms with Crippen LogP contribution < -0.4 is 5.43 Å². The van der Waals surface area contributed by atoms with Gasteiger partial charge < -0.3 is 0 Å². The second kappa shape index (κ2) is 5.51. The largest absolute Gasteiger partial charge is 0.278 e. The Morgan fingerprint density at radius 1 is 1.12 bits per heavy atom. The monoisotopic (exact) mass is 244 g/mol. The Kier molecular flexibility index (Phi) is 3.78. The summed E-state index contributed by atoms with van der Waals surface area (Å²) < 4.78 is 0. The smallest absolute Gasteiger partial charge is 0.0576 e.